The van der Waals surface area contributed by atoms with Gasteiger partial charge in [-0.15, -0.1) is 0 Å². The van der Waals surface area contributed by atoms with Crippen LogP contribution in [0.15, 0.2) is 64.6 Å². The van der Waals surface area contributed by atoms with Crippen molar-refractivity contribution in [3.63, 3.8) is 0 Å². The zero-order chi connectivity index (χ0) is 22.0. The molecular formula is C23H21N3O4S. The van der Waals surface area contributed by atoms with Crippen molar-refractivity contribution in [2.24, 2.45) is 0 Å². The first-order valence-electron chi connectivity index (χ1n) is 9.68. The van der Waals surface area contributed by atoms with Crippen molar-refractivity contribution in [3.8, 4) is 11.5 Å². The molecule has 7 nitrogen and oxygen atoms in total. The molecule has 0 saturated heterocycles. The third kappa shape index (κ3) is 3.94. The summed E-state index contributed by atoms with van der Waals surface area (Å²) in [4.78, 5) is 32.7. The molecule has 4 rings (SSSR count). The van der Waals surface area contributed by atoms with Crippen molar-refractivity contribution in [3.05, 3.63) is 65.9 Å². The molecule has 0 spiro atoms. The maximum Gasteiger partial charge on any atom is 0.261 e. The number of hydrogen-bond donors (Lipinski definition) is 1. The van der Waals surface area contributed by atoms with Gasteiger partial charge in [0.05, 0.1) is 25.5 Å². The maximum absolute atomic E-state index is 13.0. The number of pyridine rings is 1. The average molecular weight is 436 g/mol. The summed E-state index contributed by atoms with van der Waals surface area (Å²) in [6.07, 6.45) is 1.67. The molecule has 0 saturated carbocycles. The lowest BCUT2D eigenvalue weighted by molar-refractivity contribution is 0.0983. The summed E-state index contributed by atoms with van der Waals surface area (Å²) in [5.41, 5.74) is 2.42. The van der Waals surface area contributed by atoms with E-state index in [2.05, 4.69) is 10.3 Å². The molecule has 0 atom stereocenters. The van der Waals surface area contributed by atoms with Crippen LogP contribution in [0.25, 0.3) is 0 Å². The molecule has 0 radical (unpaired) electrons. The Bertz CT molecular complexity index is 1170. The molecule has 1 aliphatic heterocycles. The molecule has 3 aromatic rings. The summed E-state index contributed by atoms with van der Waals surface area (Å²) in [6, 6.07) is 14.0. The summed E-state index contributed by atoms with van der Waals surface area (Å²) in [5.74, 6) is 0.670. The number of fused-ring (bicyclic) bond motifs is 2. The molecule has 0 fully saturated rings. The number of carbonyl (C=O) groups is 2. The maximum atomic E-state index is 13.0. The first-order chi connectivity index (χ1) is 15.0. The Labute approximate surface area is 184 Å². The second kappa shape index (κ2) is 8.69. The van der Waals surface area contributed by atoms with E-state index in [-0.39, 0.29) is 11.8 Å². The van der Waals surface area contributed by atoms with Crippen molar-refractivity contribution < 1.29 is 19.1 Å². The van der Waals surface area contributed by atoms with Gasteiger partial charge in [-0.1, -0.05) is 11.8 Å². The molecule has 0 unspecified atom stereocenters. The van der Waals surface area contributed by atoms with Gasteiger partial charge in [-0.25, -0.2) is 4.98 Å². The molecule has 2 aromatic carbocycles. The normalized spacial score (nSPS) is 12.5. The second-order valence-corrected chi connectivity index (χ2v) is 7.74. The quantitative estimate of drug-likeness (QED) is 0.636. The van der Waals surface area contributed by atoms with Crippen LogP contribution in [0.5, 0.6) is 11.5 Å². The Morgan fingerprint density at radius 3 is 2.65 bits per heavy atom. The number of ether oxygens (including phenoxy) is 2. The largest absolute Gasteiger partial charge is 0.493 e. The minimum atomic E-state index is -0.276. The second-order valence-electron chi connectivity index (χ2n) is 6.71. The van der Waals surface area contributed by atoms with Crippen LogP contribution in [0, 0.1) is 0 Å². The predicted octanol–water partition coefficient (Wildman–Crippen LogP) is 4.48. The van der Waals surface area contributed by atoms with Crippen LogP contribution in [0.4, 0.5) is 11.4 Å². The molecule has 1 N–H and O–H groups in total. The van der Waals surface area contributed by atoms with Crippen molar-refractivity contribution in [1.82, 2.24) is 4.98 Å². The number of benzene rings is 2. The van der Waals surface area contributed by atoms with E-state index in [0.717, 1.165) is 10.6 Å². The van der Waals surface area contributed by atoms with Crippen molar-refractivity contribution in [2.45, 2.75) is 16.8 Å². The highest BCUT2D eigenvalue weighted by molar-refractivity contribution is 7.99. The monoisotopic (exact) mass is 435 g/mol. The molecule has 31 heavy (non-hydrogen) atoms. The van der Waals surface area contributed by atoms with E-state index in [1.807, 2.05) is 19.1 Å². The molecule has 2 heterocycles. The van der Waals surface area contributed by atoms with Gasteiger partial charge in [0.1, 0.15) is 5.03 Å². The molecule has 0 bridgehead atoms. The van der Waals surface area contributed by atoms with Gasteiger partial charge in [0.15, 0.2) is 11.5 Å². The number of amides is 2. The third-order valence-electron chi connectivity index (χ3n) is 4.92. The lowest BCUT2D eigenvalue weighted by Gasteiger charge is -2.21. The number of hydrogen-bond acceptors (Lipinski definition) is 6. The SMILES string of the molecule is CCN1C(=O)c2cccnc2Sc2cc(NC(=O)c3ccc(OC)c(OC)c3)ccc21. The van der Waals surface area contributed by atoms with Gasteiger partial charge in [-0.2, -0.15) is 0 Å². The number of nitrogens with one attached hydrogen (secondary N) is 1. The molecule has 1 aliphatic rings. The van der Waals surface area contributed by atoms with Crippen LogP contribution in [-0.2, 0) is 0 Å². The summed E-state index contributed by atoms with van der Waals surface area (Å²) < 4.78 is 10.5. The number of carbonyl (C=O) groups excluding carboxylic acids is 2. The fraction of sp³-hybridized carbons (Fsp3) is 0.174. The summed E-state index contributed by atoms with van der Waals surface area (Å²) in [5, 5.41) is 3.56. The summed E-state index contributed by atoms with van der Waals surface area (Å²) in [7, 11) is 3.07. The van der Waals surface area contributed by atoms with E-state index in [1.165, 1.54) is 18.9 Å². The first kappa shape index (κ1) is 20.7. The van der Waals surface area contributed by atoms with Crippen LogP contribution < -0.4 is 19.7 Å². The van der Waals surface area contributed by atoms with E-state index in [4.69, 9.17) is 9.47 Å². The van der Waals surface area contributed by atoms with Crippen LogP contribution in [-0.4, -0.2) is 37.6 Å². The van der Waals surface area contributed by atoms with Crippen molar-refractivity contribution >= 4 is 35.0 Å². The summed E-state index contributed by atoms with van der Waals surface area (Å²) >= 11 is 1.41. The van der Waals surface area contributed by atoms with E-state index < -0.39 is 0 Å². The Kier molecular flexibility index (Phi) is 5.81. The van der Waals surface area contributed by atoms with Gasteiger partial charge in [-0.3, -0.25) is 9.59 Å². The average Bonchev–Trinajstić information content (AvgIpc) is 2.91. The molecule has 2 amide bonds. The molecule has 1 aromatic heterocycles. The van der Waals surface area contributed by atoms with E-state index >= 15 is 0 Å². The van der Waals surface area contributed by atoms with Gasteiger partial charge in [-0.05, 0) is 55.5 Å². The lowest BCUT2D eigenvalue weighted by atomic mass is 10.1. The van der Waals surface area contributed by atoms with E-state index in [0.29, 0.717) is 39.9 Å². The minimum Gasteiger partial charge on any atom is -0.493 e. The van der Waals surface area contributed by atoms with Gasteiger partial charge < -0.3 is 19.7 Å². The van der Waals surface area contributed by atoms with Crippen molar-refractivity contribution in [1.29, 1.82) is 0 Å². The highest BCUT2D eigenvalue weighted by Crippen LogP contribution is 2.41. The predicted molar refractivity (Wildman–Crippen MR) is 120 cm³/mol. The van der Waals surface area contributed by atoms with Crippen LogP contribution in [0.2, 0.25) is 0 Å². The number of rotatable bonds is 5. The fourth-order valence-corrected chi connectivity index (χ4v) is 4.44. The first-order valence-corrected chi connectivity index (χ1v) is 10.5. The minimum absolute atomic E-state index is 0.0843. The Morgan fingerprint density at radius 1 is 1.10 bits per heavy atom. The fourth-order valence-electron chi connectivity index (χ4n) is 3.39. The summed E-state index contributed by atoms with van der Waals surface area (Å²) in [6.45, 7) is 2.46. The Morgan fingerprint density at radius 2 is 1.90 bits per heavy atom. The number of aromatic nitrogens is 1. The molecular weight excluding hydrogens is 414 g/mol. The third-order valence-corrected chi connectivity index (χ3v) is 5.99. The van der Waals surface area contributed by atoms with Crippen molar-refractivity contribution in [2.75, 3.05) is 31.0 Å². The van der Waals surface area contributed by atoms with Crippen LogP contribution in [0.1, 0.15) is 27.6 Å². The highest BCUT2D eigenvalue weighted by atomic mass is 32.2. The van der Waals surface area contributed by atoms with Gasteiger partial charge in [0.2, 0.25) is 0 Å². The van der Waals surface area contributed by atoms with E-state index in [9.17, 15) is 9.59 Å². The molecule has 158 valence electrons. The number of methoxy groups -OCH3 is 2. The molecule has 0 aliphatic carbocycles. The number of nitrogens with zero attached hydrogens (tertiary/aromatic N) is 2. The van der Waals surface area contributed by atoms with Crippen LogP contribution >= 0.6 is 11.8 Å². The Balaban J connectivity index is 1.65. The Hall–Kier alpha value is -3.52. The standard InChI is InChI=1S/C23H21N3O4S/c1-4-26-17-9-8-15(13-20(17)31-22-16(23(26)28)6-5-11-24-22)25-21(27)14-7-10-18(29-2)19(12-14)30-3/h5-13H,4H2,1-3H3,(H,25,27). The van der Waals surface area contributed by atoms with Gasteiger partial charge in [0, 0.05) is 28.9 Å². The van der Waals surface area contributed by atoms with Gasteiger partial charge in [0.25, 0.3) is 11.8 Å². The zero-order valence-corrected chi connectivity index (χ0v) is 18.2. The topological polar surface area (TPSA) is 80.8 Å². The zero-order valence-electron chi connectivity index (χ0n) is 17.3. The van der Waals surface area contributed by atoms with E-state index in [1.54, 1.807) is 54.6 Å². The van der Waals surface area contributed by atoms with Gasteiger partial charge >= 0.3 is 0 Å². The number of anilines is 2. The molecule has 8 heteroatoms. The smallest absolute Gasteiger partial charge is 0.261 e. The lowest BCUT2D eigenvalue weighted by Crippen LogP contribution is -2.30. The highest BCUT2D eigenvalue weighted by Gasteiger charge is 2.27. The van der Waals surface area contributed by atoms with Crippen LogP contribution in [0.3, 0.4) is 0 Å².